The Hall–Kier alpha value is -2.00. The zero-order valence-electron chi connectivity index (χ0n) is 9.09. The van der Waals surface area contributed by atoms with E-state index in [1.807, 2.05) is 0 Å². The van der Waals surface area contributed by atoms with Crippen LogP contribution in [0.25, 0.3) is 0 Å². The molecular weight excluding hydrogens is 206 g/mol. The summed E-state index contributed by atoms with van der Waals surface area (Å²) >= 11 is 0. The molecule has 84 valence electrons. The lowest BCUT2D eigenvalue weighted by molar-refractivity contribution is -0.384. The lowest BCUT2D eigenvalue weighted by Gasteiger charge is -1.90. The van der Waals surface area contributed by atoms with Gasteiger partial charge in [0.05, 0.1) is 16.6 Å². The average Bonchev–Trinajstić information content (AvgIpc) is 2.29. The molecule has 1 rings (SSSR count). The quantitative estimate of drug-likeness (QED) is 0.330. The molecule has 5 heteroatoms. The van der Waals surface area contributed by atoms with Gasteiger partial charge in [0.1, 0.15) is 0 Å². The van der Waals surface area contributed by atoms with E-state index in [0.717, 1.165) is 12.8 Å². The van der Waals surface area contributed by atoms with Crippen molar-refractivity contribution in [2.75, 3.05) is 6.54 Å². The number of nitro groups is 1. The van der Waals surface area contributed by atoms with E-state index in [2.05, 4.69) is 22.9 Å². The van der Waals surface area contributed by atoms with Gasteiger partial charge in [0, 0.05) is 18.7 Å². The van der Waals surface area contributed by atoms with E-state index in [4.69, 9.17) is 0 Å². The molecule has 0 radical (unpaired) electrons. The van der Waals surface area contributed by atoms with Gasteiger partial charge in [0.15, 0.2) is 0 Å². The minimum Gasteiger partial charge on any atom is -0.258 e. The fraction of sp³-hybridized carbons (Fsp3) is 0.364. The molecule has 1 aromatic rings. The second kappa shape index (κ2) is 6.48. The molecule has 0 aliphatic rings. The first-order valence-corrected chi connectivity index (χ1v) is 5.10. The maximum absolute atomic E-state index is 10.4. The number of aliphatic imine (C=N–C) groups is 2. The first kappa shape index (κ1) is 12.1. The number of benzene rings is 1. The number of rotatable bonds is 5. The number of hydrogen-bond acceptors (Lipinski definition) is 4. The molecular formula is C11H13N3O2. The molecule has 0 N–H and O–H groups in total. The van der Waals surface area contributed by atoms with Crippen molar-refractivity contribution in [3.63, 3.8) is 0 Å². The van der Waals surface area contributed by atoms with Crippen LogP contribution in [0, 0.1) is 10.1 Å². The molecule has 0 aromatic heterocycles. The third-order valence-electron chi connectivity index (χ3n) is 1.93. The van der Waals surface area contributed by atoms with Crippen LogP contribution in [0.2, 0.25) is 0 Å². The second-order valence-electron chi connectivity index (χ2n) is 3.22. The molecule has 0 saturated carbocycles. The highest BCUT2D eigenvalue weighted by molar-refractivity contribution is 5.54. The van der Waals surface area contributed by atoms with Crippen LogP contribution >= 0.6 is 0 Å². The molecule has 0 bridgehead atoms. The van der Waals surface area contributed by atoms with E-state index in [9.17, 15) is 10.1 Å². The summed E-state index contributed by atoms with van der Waals surface area (Å²) in [5.41, 5.74) is 0.674. The van der Waals surface area contributed by atoms with E-state index in [1.54, 1.807) is 12.1 Å². The molecule has 0 amide bonds. The Balaban J connectivity index is 2.61. The molecule has 0 aliphatic heterocycles. The molecule has 16 heavy (non-hydrogen) atoms. The van der Waals surface area contributed by atoms with Gasteiger partial charge in [-0.1, -0.05) is 13.3 Å². The summed E-state index contributed by atoms with van der Waals surface area (Å²) in [6.45, 7) is 2.80. The summed E-state index contributed by atoms with van der Waals surface area (Å²) in [5, 5.41) is 10.4. The standard InChI is InChI=1S/C11H13N3O2/c1-2-3-8-12-9-13-10-4-6-11(7-5-10)14(15)16/h4-7H,2-3,8H2,1H3. The molecule has 0 atom stereocenters. The van der Waals surface area contributed by atoms with Crippen LogP contribution in [0.5, 0.6) is 0 Å². The minimum atomic E-state index is -0.442. The molecule has 0 aliphatic carbocycles. The average molecular weight is 219 g/mol. The zero-order chi connectivity index (χ0) is 11.8. The molecule has 1 aromatic carbocycles. The van der Waals surface area contributed by atoms with E-state index in [0.29, 0.717) is 12.2 Å². The van der Waals surface area contributed by atoms with Crippen LogP contribution in [0.4, 0.5) is 11.4 Å². The Morgan fingerprint density at radius 3 is 2.62 bits per heavy atom. The highest BCUT2D eigenvalue weighted by atomic mass is 16.6. The van der Waals surface area contributed by atoms with Crippen LogP contribution in [-0.4, -0.2) is 17.5 Å². The van der Waals surface area contributed by atoms with Gasteiger partial charge in [-0.25, -0.2) is 4.99 Å². The van der Waals surface area contributed by atoms with Crippen LogP contribution < -0.4 is 0 Å². The molecule has 0 heterocycles. The summed E-state index contributed by atoms with van der Waals surface area (Å²) < 4.78 is 0. The van der Waals surface area contributed by atoms with Crippen molar-refractivity contribution in [3.05, 3.63) is 34.4 Å². The van der Waals surface area contributed by atoms with E-state index < -0.39 is 4.92 Å². The topological polar surface area (TPSA) is 67.9 Å². The Labute approximate surface area is 93.7 Å². The molecule has 0 unspecified atom stereocenters. The van der Waals surface area contributed by atoms with Crippen molar-refractivity contribution in [2.24, 2.45) is 9.98 Å². The number of nitro benzene ring substituents is 1. The SMILES string of the molecule is CCCCN=C=Nc1ccc([N+](=O)[O-])cc1. The molecule has 5 nitrogen and oxygen atoms in total. The normalized spacial score (nSPS) is 9.31. The van der Waals surface area contributed by atoms with Crippen molar-refractivity contribution in [1.29, 1.82) is 0 Å². The van der Waals surface area contributed by atoms with E-state index in [-0.39, 0.29) is 5.69 Å². The first-order chi connectivity index (χ1) is 7.74. The van der Waals surface area contributed by atoms with Crippen molar-refractivity contribution >= 4 is 17.4 Å². The van der Waals surface area contributed by atoms with Crippen LogP contribution in [0.3, 0.4) is 0 Å². The van der Waals surface area contributed by atoms with Gasteiger partial charge in [-0.05, 0) is 18.6 Å². The van der Waals surface area contributed by atoms with E-state index in [1.165, 1.54) is 12.1 Å². The van der Waals surface area contributed by atoms with Gasteiger partial charge in [-0.2, -0.15) is 4.99 Å². The summed E-state index contributed by atoms with van der Waals surface area (Å²) in [4.78, 5) is 17.8. The fourth-order valence-electron chi connectivity index (χ4n) is 1.03. The number of non-ortho nitro benzene ring substituents is 1. The maximum Gasteiger partial charge on any atom is 0.269 e. The molecule has 0 saturated heterocycles. The zero-order valence-corrected chi connectivity index (χ0v) is 9.09. The van der Waals surface area contributed by atoms with Gasteiger partial charge in [-0.3, -0.25) is 10.1 Å². The highest BCUT2D eigenvalue weighted by Crippen LogP contribution is 2.16. The van der Waals surface area contributed by atoms with Gasteiger partial charge in [0.25, 0.3) is 5.69 Å². The lowest BCUT2D eigenvalue weighted by atomic mass is 10.3. The lowest BCUT2D eigenvalue weighted by Crippen LogP contribution is -1.85. The second-order valence-corrected chi connectivity index (χ2v) is 3.22. The van der Waals surface area contributed by atoms with Crippen molar-refractivity contribution < 1.29 is 4.92 Å². The molecule has 0 spiro atoms. The van der Waals surface area contributed by atoms with E-state index >= 15 is 0 Å². The van der Waals surface area contributed by atoms with Crippen molar-refractivity contribution in [1.82, 2.24) is 0 Å². The number of nitrogens with zero attached hydrogens (tertiary/aromatic N) is 3. The number of hydrogen-bond donors (Lipinski definition) is 0. The predicted octanol–water partition coefficient (Wildman–Crippen LogP) is 3.20. The monoisotopic (exact) mass is 219 g/mol. The summed E-state index contributed by atoms with van der Waals surface area (Å²) in [6.07, 6.45) is 2.10. The summed E-state index contributed by atoms with van der Waals surface area (Å²) in [6, 6.07) is 8.52. The maximum atomic E-state index is 10.4. The van der Waals surface area contributed by atoms with Gasteiger partial charge in [0.2, 0.25) is 0 Å². The highest BCUT2D eigenvalue weighted by Gasteiger charge is 2.02. The van der Waals surface area contributed by atoms with Gasteiger partial charge in [-0.15, -0.1) is 0 Å². The van der Waals surface area contributed by atoms with Crippen LogP contribution in [0.15, 0.2) is 34.3 Å². The third-order valence-corrected chi connectivity index (χ3v) is 1.93. The summed E-state index contributed by atoms with van der Waals surface area (Å²) in [5.74, 6) is 0. The summed E-state index contributed by atoms with van der Waals surface area (Å²) in [7, 11) is 0. The van der Waals surface area contributed by atoms with Crippen LogP contribution in [-0.2, 0) is 0 Å². The Morgan fingerprint density at radius 1 is 1.38 bits per heavy atom. The molecule has 0 fully saturated rings. The Kier molecular flexibility index (Phi) is 4.89. The predicted molar refractivity (Wildman–Crippen MR) is 62.4 cm³/mol. The number of unbranched alkanes of at least 4 members (excludes halogenated alkanes) is 1. The van der Waals surface area contributed by atoms with Crippen molar-refractivity contribution in [2.45, 2.75) is 19.8 Å². The largest absolute Gasteiger partial charge is 0.269 e. The Bertz CT molecular complexity index is 406. The Morgan fingerprint density at radius 2 is 2.06 bits per heavy atom. The smallest absolute Gasteiger partial charge is 0.258 e. The third kappa shape index (κ3) is 4.02. The minimum absolute atomic E-state index is 0.0573. The fourth-order valence-corrected chi connectivity index (χ4v) is 1.03. The van der Waals surface area contributed by atoms with Crippen molar-refractivity contribution in [3.8, 4) is 0 Å². The van der Waals surface area contributed by atoms with Crippen LogP contribution in [0.1, 0.15) is 19.8 Å². The first-order valence-electron chi connectivity index (χ1n) is 5.10. The van der Waals surface area contributed by atoms with Gasteiger partial charge < -0.3 is 0 Å². The van der Waals surface area contributed by atoms with Gasteiger partial charge >= 0.3 is 0 Å².